The van der Waals surface area contributed by atoms with Crippen molar-refractivity contribution in [1.29, 1.82) is 0 Å². The van der Waals surface area contributed by atoms with Gasteiger partial charge in [0.15, 0.2) is 0 Å². The minimum Gasteiger partial charge on any atom is -0.480 e. The number of nitrogens with one attached hydrogen (secondary N) is 1. The maximum absolute atomic E-state index is 12.5. The number of carboxylic acid groups (broad SMARTS) is 1. The number of para-hydroxylation sites is 1. The second kappa shape index (κ2) is 7.64. The summed E-state index contributed by atoms with van der Waals surface area (Å²) in [7, 11) is 0. The third-order valence-electron chi connectivity index (χ3n) is 4.81. The van der Waals surface area contributed by atoms with E-state index in [0.717, 1.165) is 16.0 Å². The Morgan fingerprint density at radius 2 is 1.50 bits per heavy atom. The quantitative estimate of drug-likeness (QED) is 0.750. The maximum atomic E-state index is 12.5. The summed E-state index contributed by atoms with van der Waals surface area (Å²) in [4.78, 5) is 49.9. The Kier molecular flexibility index (Phi) is 5.26. The molecule has 2 N–H and O–H groups in total. The van der Waals surface area contributed by atoms with Gasteiger partial charge < -0.3 is 10.4 Å². The Morgan fingerprint density at radius 3 is 2.00 bits per heavy atom. The normalized spacial score (nSPS) is 14.0. The lowest BCUT2D eigenvalue weighted by molar-refractivity contribution is -0.141. The smallest absolute Gasteiger partial charge is 0.326 e. The molecule has 0 aromatic heterocycles. The van der Waals surface area contributed by atoms with Crippen LogP contribution in [0.4, 0.5) is 5.69 Å². The highest BCUT2D eigenvalue weighted by molar-refractivity contribution is 6.22. The van der Waals surface area contributed by atoms with Gasteiger partial charge in [0.05, 0.1) is 11.1 Å². The molecular formula is C21H20N2O5. The molecule has 0 fully saturated rings. The number of carbonyl (C=O) groups is 4. The van der Waals surface area contributed by atoms with Crippen LogP contribution in [0, 0.1) is 13.8 Å². The van der Waals surface area contributed by atoms with Crippen molar-refractivity contribution in [3.8, 4) is 0 Å². The maximum Gasteiger partial charge on any atom is 0.326 e. The molecule has 0 aliphatic carbocycles. The monoisotopic (exact) mass is 380 g/mol. The Bertz CT molecular complexity index is 927. The van der Waals surface area contributed by atoms with Crippen molar-refractivity contribution >= 4 is 29.4 Å². The van der Waals surface area contributed by atoms with Crippen molar-refractivity contribution in [2.24, 2.45) is 0 Å². The zero-order chi connectivity index (χ0) is 20.4. The van der Waals surface area contributed by atoms with Crippen molar-refractivity contribution < 1.29 is 24.3 Å². The fourth-order valence-corrected chi connectivity index (χ4v) is 3.34. The summed E-state index contributed by atoms with van der Waals surface area (Å²) < 4.78 is 0. The van der Waals surface area contributed by atoms with Gasteiger partial charge in [-0.25, -0.2) is 4.79 Å². The van der Waals surface area contributed by atoms with E-state index in [4.69, 9.17) is 0 Å². The number of hydrogen-bond acceptors (Lipinski definition) is 4. The molecule has 1 aliphatic rings. The number of hydrogen-bond donors (Lipinski definition) is 2. The van der Waals surface area contributed by atoms with E-state index in [1.165, 1.54) is 12.1 Å². The van der Waals surface area contributed by atoms with E-state index in [1.54, 1.807) is 12.1 Å². The van der Waals surface area contributed by atoms with E-state index >= 15 is 0 Å². The molecule has 3 rings (SSSR count). The zero-order valence-corrected chi connectivity index (χ0v) is 15.6. The third-order valence-corrected chi connectivity index (χ3v) is 4.81. The number of aliphatic carboxylic acids is 1. The number of carboxylic acids is 1. The van der Waals surface area contributed by atoms with Gasteiger partial charge >= 0.3 is 5.97 Å². The van der Waals surface area contributed by atoms with Gasteiger partial charge in [0.25, 0.3) is 11.8 Å². The van der Waals surface area contributed by atoms with Crippen LogP contribution in [-0.4, -0.2) is 39.7 Å². The van der Waals surface area contributed by atoms with Gasteiger partial charge in [0, 0.05) is 12.1 Å². The lowest BCUT2D eigenvalue weighted by atomic mass is 10.1. The highest BCUT2D eigenvalue weighted by Crippen LogP contribution is 2.26. The van der Waals surface area contributed by atoms with Crippen LogP contribution < -0.4 is 5.32 Å². The highest BCUT2D eigenvalue weighted by atomic mass is 16.4. The first kappa shape index (κ1) is 19.3. The Hall–Kier alpha value is -3.48. The van der Waals surface area contributed by atoms with Crippen LogP contribution in [0.15, 0.2) is 42.5 Å². The number of rotatable bonds is 6. The van der Waals surface area contributed by atoms with E-state index < -0.39 is 23.8 Å². The summed E-state index contributed by atoms with van der Waals surface area (Å²) in [5.41, 5.74) is 2.82. The predicted molar refractivity (Wildman–Crippen MR) is 102 cm³/mol. The summed E-state index contributed by atoms with van der Waals surface area (Å²) >= 11 is 0. The van der Waals surface area contributed by atoms with Crippen LogP contribution in [0.1, 0.15) is 44.7 Å². The van der Waals surface area contributed by atoms with E-state index in [0.29, 0.717) is 5.69 Å². The second-order valence-electron chi connectivity index (χ2n) is 6.73. The molecule has 1 atom stereocenters. The van der Waals surface area contributed by atoms with Crippen LogP contribution in [0.5, 0.6) is 0 Å². The Balaban J connectivity index is 1.73. The summed E-state index contributed by atoms with van der Waals surface area (Å²) in [6.07, 6.45) is -0.310. The lowest BCUT2D eigenvalue weighted by Gasteiger charge is -2.22. The van der Waals surface area contributed by atoms with E-state index in [-0.39, 0.29) is 29.9 Å². The van der Waals surface area contributed by atoms with E-state index in [9.17, 15) is 24.3 Å². The van der Waals surface area contributed by atoms with Crippen molar-refractivity contribution in [1.82, 2.24) is 4.90 Å². The number of imide groups is 1. The number of nitrogens with zero attached hydrogens (tertiary/aromatic N) is 1. The largest absolute Gasteiger partial charge is 0.480 e. The number of anilines is 1. The van der Waals surface area contributed by atoms with Crippen LogP contribution >= 0.6 is 0 Å². The standard InChI is InChI=1S/C21H20N2O5/c1-12-6-5-7-13(2)18(12)22-17(24)11-10-16(21(27)28)23-19(25)14-8-3-4-9-15(14)20(23)26/h3-9,16H,10-11H2,1-2H3,(H,22,24)(H,27,28). The Labute approximate surface area is 162 Å². The highest BCUT2D eigenvalue weighted by Gasteiger charge is 2.42. The number of fused-ring (bicyclic) bond motifs is 1. The molecule has 144 valence electrons. The molecule has 3 amide bonds. The van der Waals surface area contributed by atoms with Gasteiger partial charge in [-0.05, 0) is 43.5 Å². The van der Waals surface area contributed by atoms with Gasteiger partial charge in [-0.3, -0.25) is 19.3 Å². The summed E-state index contributed by atoms with van der Waals surface area (Å²) in [6.45, 7) is 3.73. The first-order valence-electron chi connectivity index (χ1n) is 8.87. The topological polar surface area (TPSA) is 104 Å². The molecule has 0 bridgehead atoms. The molecule has 2 aromatic carbocycles. The lowest BCUT2D eigenvalue weighted by Crippen LogP contribution is -2.45. The fourth-order valence-electron chi connectivity index (χ4n) is 3.34. The number of aryl methyl sites for hydroxylation is 2. The van der Waals surface area contributed by atoms with Crippen molar-refractivity contribution in [3.05, 3.63) is 64.7 Å². The molecule has 0 saturated carbocycles. The summed E-state index contributed by atoms with van der Waals surface area (Å²) in [5, 5.41) is 12.3. The average molecular weight is 380 g/mol. The number of benzene rings is 2. The minimum absolute atomic E-state index is 0.141. The molecule has 2 aromatic rings. The van der Waals surface area contributed by atoms with E-state index in [1.807, 2.05) is 32.0 Å². The molecular weight excluding hydrogens is 360 g/mol. The summed E-state index contributed by atoms with van der Waals surface area (Å²) in [5.74, 6) is -3.00. The van der Waals surface area contributed by atoms with Crippen LogP contribution in [0.2, 0.25) is 0 Å². The van der Waals surface area contributed by atoms with Gasteiger partial charge in [-0.2, -0.15) is 0 Å². The second-order valence-corrected chi connectivity index (χ2v) is 6.73. The molecule has 1 heterocycles. The molecule has 7 nitrogen and oxygen atoms in total. The average Bonchev–Trinajstić information content (AvgIpc) is 2.90. The number of amides is 3. The zero-order valence-electron chi connectivity index (χ0n) is 15.6. The third kappa shape index (κ3) is 3.51. The molecule has 1 aliphatic heterocycles. The van der Waals surface area contributed by atoms with E-state index in [2.05, 4.69) is 5.32 Å². The number of carbonyl (C=O) groups excluding carboxylic acids is 3. The molecule has 28 heavy (non-hydrogen) atoms. The van der Waals surface area contributed by atoms with Gasteiger partial charge in [-0.1, -0.05) is 30.3 Å². The van der Waals surface area contributed by atoms with Crippen LogP contribution in [-0.2, 0) is 9.59 Å². The van der Waals surface area contributed by atoms with Crippen LogP contribution in [0.25, 0.3) is 0 Å². The molecule has 0 radical (unpaired) electrons. The van der Waals surface area contributed by atoms with Crippen molar-refractivity contribution in [3.63, 3.8) is 0 Å². The predicted octanol–water partition coefficient (Wildman–Crippen LogP) is 2.77. The van der Waals surface area contributed by atoms with Gasteiger partial charge in [-0.15, -0.1) is 0 Å². The van der Waals surface area contributed by atoms with Gasteiger partial charge in [0.2, 0.25) is 5.91 Å². The first-order valence-corrected chi connectivity index (χ1v) is 8.87. The Morgan fingerprint density at radius 1 is 0.964 bits per heavy atom. The summed E-state index contributed by atoms with van der Waals surface area (Å²) in [6, 6.07) is 10.4. The van der Waals surface area contributed by atoms with Crippen molar-refractivity contribution in [2.75, 3.05) is 5.32 Å². The first-order chi connectivity index (χ1) is 13.3. The van der Waals surface area contributed by atoms with Crippen LogP contribution in [0.3, 0.4) is 0 Å². The van der Waals surface area contributed by atoms with Crippen molar-refractivity contribution in [2.45, 2.75) is 32.7 Å². The molecule has 0 saturated heterocycles. The minimum atomic E-state index is -1.41. The fraction of sp³-hybridized carbons (Fsp3) is 0.238. The van der Waals surface area contributed by atoms with Gasteiger partial charge in [0.1, 0.15) is 6.04 Å². The molecule has 0 spiro atoms. The SMILES string of the molecule is Cc1cccc(C)c1NC(=O)CCC(C(=O)O)N1C(=O)c2ccccc2C1=O. The molecule has 7 heteroatoms. The molecule has 1 unspecified atom stereocenters.